The van der Waals surface area contributed by atoms with Crippen molar-refractivity contribution in [1.29, 1.82) is 0 Å². The van der Waals surface area contributed by atoms with Crippen molar-refractivity contribution in [3.8, 4) is 22.6 Å². The molecule has 0 amide bonds. The van der Waals surface area contributed by atoms with Gasteiger partial charge in [0.1, 0.15) is 17.2 Å². The Balaban J connectivity index is 1.85. The first-order valence-corrected chi connectivity index (χ1v) is 14.1. The third-order valence-corrected chi connectivity index (χ3v) is 8.65. The zero-order chi connectivity index (χ0) is 27.4. The average Bonchev–Trinajstić information content (AvgIpc) is 2.91. The fraction of sp³-hybridized carbons (Fsp3) is 0.258. The number of hydrogen-bond acceptors (Lipinski definition) is 6. The molecule has 2 heterocycles. The molecule has 6 nitrogen and oxygen atoms in total. The van der Waals surface area contributed by atoms with Crippen LogP contribution < -0.4 is 14.4 Å². The second-order valence-electron chi connectivity index (χ2n) is 9.24. The summed E-state index contributed by atoms with van der Waals surface area (Å²) in [4.78, 5) is 6.58. The van der Waals surface area contributed by atoms with Gasteiger partial charge in [0.2, 0.25) is 9.84 Å². The predicted octanol–water partition coefficient (Wildman–Crippen LogP) is 7.23. The highest BCUT2D eigenvalue weighted by molar-refractivity contribution is 7.95. The highest BCUT2D eigenvalue weighted by atomic mass is 32.2. The average molecular weight is 531 g/mol. The third-order valence-electron chi connectivity index (χ3n) is 6.66. The molecular formula is C31H34N2O4S. The van der Waals surface area contributed by atoms with Gasteiger partial charge in [0.25, 0.3) is 0 Å². The number of aryl methyl sites for hydroxylation is 1. The fourth-order valence-corrected chi connectivity index (χ4v) is 6.44. The molecule has 0 saturated heterocycles. The van der Waals surface area contributed by atoms with Gasteiger partial charge in [0.15, 0.2) is 0 Å². The maximum Gasteiger partial charge on any atom is 0.208 e. The van der Waals surface area contributed by atoms with Crippen molar-refractivity contribution in [3.63, 3.8) is 0 Å². The Bertz CT molecular complexity index is 1500. The van der Waals surface area contributed by atoms with Crippen LogP contribution in [0.1, 0.15) is 38.8 Å². The Morgan fingerprint density at radius 3 is 2.18 bits per heavy atom. The van der Waals surface area contributed by atoms with Gasteiger partial charge >= 0.3 is 0 Å². The quantitative estimate of drug-likeness (QED) is 0.291. The van der Waals surface area contributed by atoms with Crippen molar-refractivity contribution in [2.75, 3.05) is 19.1 Å². The molecule has 7 heteroatoms. The van der Waals surface area contributed by atoms with Gasteiger partial charge < -0.3 is 14.4 Å². The number of ether oxygens (including phenoxy) is 2. The minimum atomic E-state index is -3.89. The molecule has 0 aliphatic carbocycles. The summed E-state index contributed by atoms with van der Waals surface area (Å²) < 4.78 is 39.5. The van der Waals surface area contributed by atoms with Crippen LogP contribution in [0, 0.1) is 6.92 Å². The first-order chi connectivity index (χ1) is 18.2. The molecule has 0 radical (unpaired) electrons. The summed E-state index contributed by atoms with van der Waals surface area (Å²) in [7, 11) is -0.699. The first-order valence-electron chi connectivity index (χ1n) is 12.6. The largest absolute Gasteiger partial charge is 0.494 e. The Kier molecular flexibility index (Phi) is 8.07. The number of benzene rings is 2. The van der Waals surface area contributed by atoms with Gasteiger partial charge in [0, 0.05) is 23.3 Å². The lowest BCUT2D eigenvalue weighted by Crippen LogP contribution is -2.28. The molecule has 0 atom stereocenters. The van der Waals surface area contributed by atoms with E-state index in [0.717, 1.165) is 41.8 Å². The molecule has 0 N–H and O–H groups in total. The monoisotopic (exact) mass is 530 g/mol. The number of anilines is 1. The van der Waals surface area contributed by atoms with Crippen molar-refractivity contribution in [1.82, 2.24) is 4.98 Å². The predicted molar refractivity (Wildman–Crippen MR) is 153 cm³/mol. The molecule has 0 bridgehead atoms. The normalized spacial score (nSPS) is 14.0. The molecule has 1 aliphatic heterocycles. The summed E-state index contributed by atoms with van der Waals surface area (Å²) in [5.74, 6) is 1.18. The van der Waals surface area contributed by atoms with E-state index < -0.39 is 9.84 Å². The van der Waals surface area contributed by atoms with E-state index in [1.807, 2.05) is 67.3 Å². The Labute approximate surface area is 225 Å². The van der Waals surface area contributed by atoms with E-state index in [1.54, 1.807) is 32.5 Å². The Hall–Kier alpha value is -3.84. The van der Waals surface area contributed by atoms with Crippen LogP contribution in [0.15, 0.2) is 100 Å². The van der Waals surface area contributed by atoms with E-state index >= 15 is 0 Å². The summed E-state index contributed by atoms with van der Waals surface area (Å²) in [6, 6.07) is 16.4. The molecule has 0 unspecified atom stereocenters. The second kappa shape index (κ2) is 11.3. The number of nitrogens with zero attached hydrogens (tertiary/aromatic N) is 2. The van der Waals surface area contributed by atoms with Gasteiger partial charge in [0.05, 0.1) is 24.0 Å². The standard InChI is InChI=1S/C31H34N2O4S/c1-7-8-10-26-19-21(2)31(23(4)33(26)30-28(36-5)11-9-12-29(30)37-6)38(34,35)27-15-13-24(14-16-27)25-17-18-32-22(3)20-25/h9,11-20H,2,7-8,10H2,1,3-6H3. The van der Waals surface area contributed by atoms with Gasteiger partial charge in [-0.15, -0.1) is 0 Å². The highest BCUT2D eigenvalue weighted by Gasteiger charge is 2.34. The summed E-state index contributed by atoms with van der Waals surface area (Å²) in [5.41, 5.74) is 5.44. The molecule has 3 aromatic rings. The molecule has 0 saturated carbocycles. The van der Waals surface area contributed by atoms with E-state index in [2.05, 4.69) is 18.5 Å². The van der Waals surface area contributed by atoms with Crippen LogP contribution in [-0.2, 0) is 9.84 Å². The smallest absolute Gasteiger partial charge is 0.208 e. The van der Waals surface area contributed by atoms with E-state index in [0.29, 0.717) is 28.5 Å². The minimum absolute atomic E-state index is 0.179. The van der Waals surface area contributed by atoms with Gasteiger partial charge in [-0.3, -0.25) is 4.98 Å². The maximum absolute atomic E-state index is 14.1. The molecule has 198 valence electrons. The molecule has 2 aromatic carbocycles. The highest BCUT2D eigenvalue weighted by Crippen LogP contribution is 2.46. The number of pyridine rings is 1. The van der Waals surface area contributed by atoms with E-state index in [1.165, 1.54) is 0 Å². The zero-order valence-electron chi connectivity index (χ0n) is 22.6. The second-order valence-corrected chi connectivity index (χ2v) is 11.1. The van der Waals surface area contributed by atoms with Crippen molar-refractivity contribution in [2.45, 2.75) is 44.9 Å². The number of para-hydroxylation sites is 1. The molecule has 1 aromatic heterocycles. The lowest BCUT2D eigenvalue weighted by atomic mass is 10.0. The molecule has 1 aliphatic rings. The van der Waals surface area contributed by atoms with Crippen molar-refractivity contribution in [3.05, 3.63) is 101 Å². The van der Waals surface area contributed by atoms with Crippen molar-refractivity contribution < 1.29 is 17.9 Å². The number of sulfone groups is 1. The summed E-state index contributed by atoms with van der Waals surface area (Å²) in [6.07, 6.45) is 6.31. The summed E-state index contributed by atoms with van der Waals surface area (Å²) in [5, 5.41) is 0. The summed E-state index contributed by atoms with van der Waals surface area (Å²) in [6.45, 7) is 10.0. The number of allylic oxidation sites excluding steroid dienone is 4. The number of unbranched alkanes of at least 4 members (excludes halogenated alkanes) is 1. The number of hydrogen-bond donors (Lipinski definition) is 0. The Morgan fingerprint density at radius 2 is 1.61 bits per heavy atom. The first kappa shape index (κ1) is 27.2. The molecule has 38 heavy (non-hydrogen) atoms. The van der Waals surface area contributed by atoms with E-state index in [9.17, 15) is 8.42 Å². The summed E-state index contributed by atoms with van der Waals surface area (Å²) >= 11 is 0. The topological polar surface area (TPSA) is 68.7 Å². The van der Waals surface area contributed by atoms with Crippen LogP contribution in [0.2, 0.25) is 0 Å². The van der Waals surface area contributed by atoms with Gasteiger partial charge in [-0.2, -0.15) is 0 Å². The minimum Gasteiger partial charge on any atom is -0.494 e. The number of methoxy groups -OCH3 is 2. The van der Waals surface area contributed by atoms with Crippen LogP contribution in [0.5, 0.6) is 11.5 Å². The van der Waals surface area contributed by atoms with Crippen LogP contribution in [0.25, 0.3) is 11.1 Å². The fourth-order valence-electron chi connectivity index (χ4n) is 4.82. The Morgan fingerprint density at radius 1 is 0.947 bits per heavy atom. The van der Waals surface area contributed by atoms with Crippen LogP contribution in [-0.4, -0.2) is 27.6 Å². The van der Waals surface area contributed by atoms with E-state index in [-0.39, 0.29) is 9.80 Å². The van der Waals surface area contributed by atoms with Gasteiger partial charge in [-0.25, -0.2) is 8.42 Å². The van der Waals surface area contributed by atoms with Crippen molar-refractivity contribution >= 4 is 15.5 Å². The van der Waals surface area contributed by atoms with Gasteiger partial charge in [-0.1, -0.05) is 38.1 Å². The van der Waals surface area contributed by atoms with E-state index in [4.69, 9.17) is 9.47 Å². The van der Waals surface area contributed by atoms with Crippen LogP contribution in [0.3, 0.4) is 0 Å². The van der Waals surface area contributed by atoms with Crippen molar-refractivity contribution in [2.24, 2.45) is 0 Å². The van der Waals surface area contributed by atoms with Crippen LogP contribution >= 0.6 is 0 Å². The third kappa shape index (κ3) is 5.11. The lowest BCUT2D eigenvalue weighted by Gasteiger charge is -2.35. The maximum atomic E-state index is 14.1. The molecule has 4 rings (SSSR count). The number of aromatic nitrogens is 1. The van der Waals surface area contributed by atoms with Gasteiger partial charge in [-0.05, 0) is 85.9 Å². The lowest BCUT2D eigenvalue weighted by molar-refractivity contribution is 0.395. The number of rotatable bonds is 9. The molecule has 0 fully saturated rings. The SMILES string of the molecule is C=C1C=C(CCCC)N(c2c(OC)cccc2OC)C(C)=C1S(=O)(=O)c1ccc(-c2ccnc(C)c2)cc1. The zero-order valence-corrected chi connectivity index (χ0v) is 23.4. The molecule has 0 spiro atoms. The van der Waals surface area contributed by atoms with Crippen LogP contribution in [0.4, 0.5) is 5.69 Å². The molecular weight excluding hydrogens is 496 g/mol.